The van der Waals surface area contributed by atoms with Crippen molar-refractivity contribution in [3.63, 3.8) is 0 Å². The van der Waals surface area contributed by atoms with E-state index in [1.807, 2.05) is 24.4 Å². The zero-order valence-corrected chi connectivity index (χ0v) is 17.1. The van der Waals surface area contributed by atoms with Gasteiger partial charge in [0.1, 0.15) is 11.4 Å². The highest BCUT2D eigenvalue weighted by Crippen LogP contribution is 2.33. The van der Waals surface area contributed by atoms with Gasteiger partial charge in [0.15, 0.2) is 5.13 Å². The largest absolute Gasteiger partial charge is 0.478 e. The fourth-order valence-electron chi connectivity index (χ4n) is 2.65. The van der Waals surface area contributed by atoms with E-state index in [0.29, 0.717) is 16.9 Å². The highest BCUT2D eigenvalue weighted by atomic mass is 32.1. The number of nitrogens with one attached hydrogen (secondary N) is 1. The lowest BCUT2D eigenvalue weighted by atomic mass is 10.1. The number of hydrogen-bond acceptors (Lipinski definition) is 6. The van der Waals surface area contributed by atoms with Crippen molar-refractivity contribution in [3.05, 3.63) is 52.5 Å². The summed E-state index contributed by atoms with van der Waals surface area (Å²) in [5, 5.41) is 15.3. The van der Waals surface area contributed by atoms with Gasteiger partial charge in [0.25, 0.3) is 0 Å². The van der Waals surface area contributed by atoms with Crippen LogP contribution in [0.15, 0.2) is 36.4 Å². The van der Waals surface area contributed by atoms with E-state index < -0.39 is 5.97 Å². The number of carbonyl (C=O) groups is 1. The molecule has 0 unspecified atom stereocenters. The van der Waals surface area contributed by atoms with Crippen molar-refractivity contribution in [2.75, 3.05) is 5.32 Å². The average Bonchev–Trinajstić information content (AvgIpc) is 3.24. The first kappa shape index (κ1) is 19.3. The minimum Gasteiger partial charge on any atom is -0.478 e. The van der Waals surface area contributed by atoms with E-state index in [-0.39, 0.29) is 5.56 Å². The highest BCUT2D eigenvalue weighted by molar-refractivity contribution is 7.15. The Hall–Kier alpha value is -2.51. The molecule has 0 bridgehead atoms. The van der Waals surface area contributed by atoms with E-state index in [1.165, 1.54) is 11.3 Å². The van der Waals surface area contributed by atoms with Crippen LogP contribution >= 0.6 is 22.7 Å². The summed E-state index contributed by atoms with van der Waals surface area (Å²) >= 11 is 3.07. The van der Waals surface area contributed by atoms with E-state index in [1.54, 1.807) is 23.6 Å². The van der Waals surface area contributed by atoms with E-state index in [9.17, 15) is 9.90 Å². The molecule has 0 saturated carbocycles. The van der Waals surface area contributed by atoms with E-state index >= 15 is 0 Å². The summed E-state index contributed by atoms with van der Waals surface area (Å²) in [7, 11) is 0. The maximum atomic E-state index is 11.8. The average molecular weight is 400 g/mol. The predicted octanol–water partition coefficient (Wildman–Crippen LogP) is 5.94. The number of allylic oxidation sites excluding steroid dienone is 1. The van der Waals surface area contributed by atoms with Crippen molar-refractivity contribution in [2.24, 2.45) is 5.92 Å². The number of nitrogens with zero attached hydrogens (tertiary/aromatic N) is 2. The lowest BCUT2D eigenvalue weighted by Crippen LogP contribution is -2.05. The monoisotopic (exact) mass is 399 g/mol. The summed E-state index contributed by atoms with van der Waals surface area (Å²) in [6.07, 6.45) is 2.58. The molecule has 0 spiro atoms. The summed E-state index contributed by atoms with van der Waals surface area (Å²) in [5.74, 6) is -0.238. The maximum Gasteiger partial charge on any atom is 0.339 e. The third-order valence-electron chi connectivity index (χ3n) is 3.84. The smallest absolute Gasteiger partial charge is 0.339 e. The first-order valence-corrected chi connectivity index (χ1v) is 10.2. The summed E-state index contributed by atoms with van der Waals surface area (Å²) in [6.45, 7) is 10.2. The van der Waals surface area contributed by atoms with Gasteiger partial charge in [-0.15, -0.1) is 22.7 Å². The number of aromatic nitrogens is 2. The van der Waals surface area contributed by atoms with Crippen molar-refractivity contribution in [1.29, 1.82) is 0 Å². The molecule has 0 radical (unpaired) electrons. The van der Waals surface area contributed by atoms with Crippen LogP contribution < -0.4 is 5.32 Å². The number of thiophene rings is 1. The molecule has 140 valence electrons. The van der Waals surface area contributed by atoms with E-state index in [0.717, 1.165) is 33.0 Å². The van der Waals surface area contributed by atoms with Gasteiger partial charge >= 0.3 is 5.97 Å². The Morgan fingerprint density at radius 2 is 2.19 bits per heavy atom. The number of anilines is 2. The Kier molecular flexibility index (Phi) is 5.72. The van der Waals surface area contributed by atoms with Gasteiger partial charge in [-0.3, -0.25) is 0 Å². The standard InChI is InChI=1S/C20H21N3O2S2/c1-11(2)8-16-17(12(3)4)22-20(27-16)23-18-14(19(24)25)9-13(10-21-18)15-6-5-7-26-15/h5-7,9-11H,3,8H2,1-2,4H3,(H,24,25)(H,21,22,23). The molecular formula is C20H21N3O2S2. The van der Waals surface area contributed by atoms with Crippen LogP contribution in [-0.4, -0.2) is 21.0 Å². The SMILES string of the molecule is C=C(C)c1nc(Nc2ncc(-c3cccs3)cc2C(=O)O)sc1CC(C)C. The predicted molar refractivity (Wildman–Crippen MR) is 113 cm³/mol. The molecule has 0 saturated heterocycles. The Balaban J connectivity index is 1.95. The summed E-state index contributed by atoms with van der Waals surface area (Å²) < 4.78 is 0. The molecule has 5 nitrogen and oxygen atoms in total. The normalized spacial score (nSPS) is 11.0. The summed E-state index contributed by atoms with van der Waals surface area (Å²) in [5.41, 5.74) is 2.69. The quantitative estimate of drug-likeness (QED) is 0.514. The molecule has 0 fully saturated rings. The number of pyridine rings is 1. The third-order valence-corrected chi connectivity index (χ3v) is 5.76. The van der Waals surface area contributed by atoms with Gasteiger partial charge in [-0.1, -0.05) is 26.5 Å². The first-order valence-electron chi connectivity index (χ1n) is 8.55. The fourth-order valence-corrected chi connectivity index (χ4v) is 4.61. The maximum absolute atomic E-state index is 11.8. The molecule has 2 N–H and O–H groups in total. The van der Waals surface area contributed by atoms with Gasteiger partial charge in [-0.2, -0.15) is 0 Å². The molecule has 3 heterocycles. The van der Waals surface area contributed by atoms with Crippen LogP contribution in [0.25, 0.3) is 16.0 Å². The molecule has 3 aromatic rings. The van der Waals surface area contributed by atoms with Gasteiger partial charge in [0.2, 0.25) is 0 Å². The fraction of sp³-hybridized carbons (Fsp3) is 0.250. The van der Waals surface area contributed by atoms with Gasteiger partial charge in [-0.05, 0) is 42.3 Å². The number of carboxylic acids is 1. The second kappa shape index (κ2) is 8.02. The van der Waals surface area contributed by atoms with Crippen molar-refractivity contribution < 1.29 is 9.90 Å². The molecule has 7 heteroatoms. The third kappa shape index (κ3) is 4.43. The van der Waals surface area contributed by atoms with Crippen LogP contribution in [0, 0.1) is 5.92 Å². The van der Waals surface area contributed by atoms with Crippen LogP contribution in [0.5, 0.6) is 0 Å². The molecule has 0 aliphatic carbocycles. The Morgan fingerprint density at radius 3 is 2.78 bits per heavy atom. The molecule has 27 heavy (non-hydrogen) atoms. The Morgan fingerprint density at radius 1 is 1.41 bits per heavy atom. The zero-order chi connectivity index (χ0) is 19.6. The van der Waals surface area contributed by atoms with Crippen LogP contribution in [0.2, 0.25) is 0 Å². The number of hydrogen-bond donors (Lipinski definition) is 2. The summed E-state index contributed by atoms with van der Waals surface area (Å²) in [4.78, 5) is 22.8. The first-order chi connectivity index (χ1) is 12.8. The van der Waals surface area contributed by atoms with Gasteiger partial charge in [0.05, 0.1) is 5.69 Å². The van der Waals surface area contributed by atoms with Crippen molar-refractivity contribution in [2.45, 2.75) is 27.2 Å². The van der Waals surface area contributed by atoms with Gasteiger partial charge < -0.3 is 10.4 Å². The van der Waals surface area contributed by atoms with Gasteiger partial charge in [0, 0.05) is 21.5 Å². The molecular weight excluding hydrogens is 378 g/mol. The lowest BCUT2D eigenvalue weighted by Gasteiger charge is -2.07. The molecule has 3 rings (SSSR count). The molecule has 3 aromatic heterocycles. The second-order valence-corrected chi connectivity index (χ2v) is 8.73. The molecule has 0 atom stereocenters. The van der Waals surface area contributed by atoms with Gasteiger partial charge in [-0.25, -0.2) is 14.8 Å². The second-order valence-electron chi connectivity index (χ2n) is 6.70. The highest BCUT2D eigenvalue weighted by Gasteiger charge is 2.18. The number of aromatic carboxylic acids is 1. The van der Waals surface area contributed by atoms with Crippen molar-refractivity contribution in [3.8, 4) is 10.4 Å². The van der Waals surface area contributed by atoms with Crippen LogP contribution in [0.4, 0.5) is 10.9 Å². The van der Waals surface area contributed by atoms with Crippen molar-refractivity contribution >= 4 is 45.2 Å². The Bertz CT molecular complexity index is 975. The Labute approximate surface area is 166 Å². The number of carboxylic acid groups (broad SMARTS) is 1. The lowest BCUT2D eigenvalue weighted by molar-refractivity contribution is 0.0697. The van der Waals surface area contributed by atoms with Crippen molar-refractivity contribution in [1.82, 2.24) is 9.97 Å². The van der Waals surface area contributed by atoms with E-state index in [2.05, 4.69) is 35.7 Å². The topological polar surface area (TPSA) is 75.1 Å². The molecule has 0 aliphatic heterocycles. The van der Waals surface area contributed by atoms with Crippen LogP contribution in [-0.2, 0) is 6.42 Å². The van der Waals surface area contributed by atoms with E-state index in [4.69, 9.17) is 0 Å². The summed E-state index contributed by atoms with van der Waals surface area (Å²) in [6, 6.07) is 5.52. The van der Waals surface area contributed by atoms with Crippen LogP contribution in [0.3, 0.4) is 0 Å². The zero-order valence-electron chi connectivity index (χ0n) is 15.4. The number of thiazole rings is 1. The molecule has 0 aliphatic rings. The minimum atomic E-state index is -1.03. The van der Waals surface area contributed by atoms with Crippen LogP contribution in [0.1, 0.15) is 41.7 Å². The number of rotatable bonds is 7. The minimum absolute atomic E-state index is 0.124. The molecule has 0 aromatic carbocycles. The molecule has 0 amide bonds.